The molecular formula is C21H25F2NO2SSi. The molecule has 0 radical (unpaired) electrons. The standard InChI is InChI=1S/C21H25F2NO2SSi/c1-21(2,3)28(4,5)26-13-19-24-17-8-6-7-14(20(17)27-19)12-25-18-10-9-15(22)11-16(18)23/h6-11H,12-13H2,1-5H3. The molecule has 0 saturated carbocycles. The van der Waals surface area contributed by atoms with Crippen molar-refractivity contribution in [2.45, 2.75) is 52.1 Å². The number of ether oxygens (including phenoxy) is 1. The van der Waals surface area contributed by atoms with Gasteiger partial charge in [-0.1, -0.05) is 32.9 Å². The number of rotatable bonds is 6. The van der Waals surface area contributed by atoms with E-state index in [0.29, 0.717) is 6.61 Å². The fourth-order valence-electron chi connectivity index (χ4n) is 2.43. The van der Waals surface area contributed by atoms with E-state index in [1.807, 2.05) is 18.2 Å². The summed E-state index contributed by atoms with van der Waals surface area (Å²) in [5, 5.41) is 1.06. The second kappa shape index (κ2) is 7.89. The molecule has 0 aliphatic rings. The van der Waals surface area contributed by atoms with Gasteiger partial charge in [-0.15, -0.1) is 11.3 Å². The van der Waals surface area contributed by atoms with Gasteiger partial charge in [-0.3, -0.25) is 0 Å². The summed E-state index contributed by atoms with van der Waals surface area (Å²) in [6, 6.07) is 9.08. The molecular weight excluding hydrogens is 396 g/mol. The minimum Gasteiger partial charge on any atom is -0.486 e. The highest BCUT2D eigenvalue weighted by atomic mass is 32.1. The quantitative estimate of drug-likeness (QED) is 0.416. The molecule has 0 saturated heterocycles. The van der Waals surface area contributed by atoms with Gasteiger partial charge in [0.05, 0.1) is 16.8 Å². The van der Waals surface area contributed by atoms with Crippen molar-refractivity contribution in [2.24, 2.45) is 0 Å². The van der Waals surface area contributed by atoms with E-state index in [9.17, 15) is 8.78 Å². The van der Waals surface area contributed by atoms with Crippen molar-refractivity contribution in [2.75, 3.05) is 0 Å². The Morgan fingerprint density at radius 1 is 1.07 bits per heavy atom. The van der Waals surface area contributed by atoms with E-state index >= 15 is 0 Å². The first kappa shape index (κ1) is 20.9. The van der Waals surface area contributed by atoms with Crippen LogP contribution in [0.5, 0.6) is 5.75 Å². The number of thiazole rings is 1. The molecule has 0 bridgehead atoms. The Bertz CT molecular complexity index is 982. The fraction of sp³-hybridized carbons (Fsp3) is 0.381. The maximum absolute atomic E-state index is 13.8. The van der Waals surface area contributed by atoms with Crippen LogP contribution in [-0.2, 0) is 17.6 Å². The highest BCUT2D eigenvalue weighted by Gasteiger charge is 2.37. The summed E-state index contributed by atoms with van der Waals surface area (Å²) in [5.74, 6) is -1.30. The highest BCUT2D eigenvalue weighted by Crippen LogP contribution is 2.37. The summed E-state index contributed by atoms with van der Waals surface area (Å²) < 4.78 is 39.7. The Morgan fingerprint density at radius 2 is 1.82 bits per heavy atom. The number of nitrogens with zero attached hydrogens (tertiary/aromatic N) is 1. The Balaban J connectivity index is 1.76. The molecule has 3 aromatic rings. The first-order chi connectivity index (χ1) is 13.1. The zero-order valence-electron chi connectivity index (χ0n) is 16.8. The van der Waals surface area contributed by atoms with Gasteiger partial charge in [0.25, 0.3) is 0 Å². The van der Waals surface area contributed by atoms with Crippen molar-refractivity contribution in [3.05, 3.63) is 58.6 Å². The average molecular weight is 422 g/mol. The van der Waals surface area contributed by atoms with E-state index in [1.165, 1.54) is 12.1 Å². The minimum atomic E-state index is -1.85. The molecule has 1 aromatic heterocycles. The van der Waals surface area contributed by atoms with Crippen molar-refractivity contribution >= 4 is 29.9 Å². The Kier molecular flexibility index (Phi) is 5.88. The molecule has 0 aliphatic carbocycles. The molecule has 150 valence electrons. The topological polar surface area (TPSA) is 31.4 Å². The molecule has 2 aromatic carbocycles. The van der Waals surface area contributed by atoms with Crippen molar-refractivity contribution in [3.63, 3.8) is 0 Å². The monoisotopic (exact) mass is 421 g/mol. The maximum Gasteiger partial charge on any atom is 0.192 e. The van der Waals surface area contributed by atoms with E-state index in [2.05, 4.69) is 38.8 Å². The van der Waals surface area contributed by atoms with Crippen LogP contribution in [0, 0.1) is 11.6 Å². The van der Waals surface area contributed by atoms with Gasteiger partial charge in [0, 0.05) is 11.6 Å². The van der Waals surface area contributed by atoms with E-state index in [4.69, 9.17) is 9.16 Å². The molecule has 0 spiro atoms. The minimum absolute atomic E-state index is 0.0319. The third-order valence-electron chi connectivity index (χ3n) is 5.18. The van der Waals surface area contributed by atoms with E-state index in [-0.39, 0.29) is 17.4 Å². The Labute approximate surface area is 169 Å². The number of aromatic nitrogens is 1. The lowest BCUT2D eigenvalue weighted by Crippen LogP contribution is -2.40. The smallest absolute Gasteiger partial charge is 0.192 e. The molecule has 0 aliphatic heterocycles. The Hall–Kier alpha value is -1.83. The highest BCUT2D eigenvalue weighted by molar-refractivity contribution is 7.18. The summed E-state index contributed by atoms with van der Waals surface area (Å²) in [4.78, 5) is 4.68. The molecule has 3 rings (SSSR count). The molecule has 3 nitrogen and oxygen atoms in total. The van der Waals surface area contributed by atoms with Crippen LogP contribution in [-0.4, -0.2) is 13.3 Å². The Morgan fingerprint density at radius 3 is 2.50 bits per heavy atom. The number of hydrogen-bond acceptors (Lipinski definition) is 4. The fourth-order valence-corrected chi connectivity index (χ4v) is 4.44. The van der Waals surface area contributed by atoms with Crippen LogP contribution < -0.4 is 4.74 Å². The lowest BCUT2D eigenvalue weighted by atomic mass is 10.2. The van der Waals surface area contributed by atoms with Crippen LogP contribution in [0.4, 0.5) is 8.78 Å². The van der Waals surface area contributed by atoms with Gasteiger partial charge >= 0.3 is 0 Å². The summed E-state index contributed by atoms with van der Waals surface area (Å²) in [6.07, 6.45) is 0. The van der Waals surface area contributed by atoms with Gasteiger partial charge in [0.2, 0.25) is 0 Å². The lowest BCUT2D eigenvalue weighted by Gasteiger charge is -2.35. The first-order valence-corrected chi connectivity index (χ1v) is 12.9. The number of halogens is 2. The van der Waals surface area contributed by atoms with E-state index in [1.54, 1.807) is 11.3 Å². The van der Waals surface area contributed by atoms with Crippen molar-refractivity contribution < 1.29 is 17.9 Å². The summed E-state index contributed by atoms with van der Waals surface area (Å²) in [7, 11) is -1.85. The number of benzene rings is 2. The van der Waals surface area contributed by atoms with E-state index < -0.39 is 20.0 Å². The normalized spacial score (nSPS) is 12.5. The predicted molar refractivity (Wildman–Crippen MR) is 112 cm³/mol. The largest absolute Gasteiger partial charge is 0.486 e. The van der Waals surface area contributed by atoms with Gasteiger partial charge in [0.1, 0.15) is 17.4 Å². The summed E-state index contributed by atoms with van der Waals surface area (Å²) in [5.41, 5.74) is 1.79. The summed E-state index contributed by atoms with van der Waals surface area (Å²) in [6.45, 7) is 11.7. The van der Waals surface area contributed by atoms with Gasteiger partial charge in [-0.2, -0.15) is 0 Å². The second-order valence-electron chi connectivity index (χ2n) is 8.29. The first-order valence-electron chi connectivity index (χ1n) is 9.16. The zero-order valence-corrected chi connectivity index (χ0v) is 18.6. The second-order valence-corrected chi connectivity index (χ2v) is 14.2. The van der Waals surface area contributed by atoms with Gasteiger partial charge in [0.15, 0.2) is 19.9 Å². The van der Waals surface area contributed by atoms with Crippen LogP contribution in [0.25, 0.3) is 10.2 Å². The third kappa shape index (κ3) is 4.59. The molecule has 0 N–H and O–H groups in total. The van der Waals surface area contributed by atoms with Crippen LogP contribution >= 0.6 is 11.3 Å². The summed E-state index contributed by atoms with van der Waals surface area (Å²) >= 11 is 1.57. The van der Waals surface area contributed by atoms with Crippen LogP contribution in [0.2, 0.25) is 18.1 Å². The van der Waals surface area contributed by atoms with Crippen molar-refractivity contribution in [3.8, 4) is 5.75 Å². The van der Waals surface area contributed by atoms with Crippen molar-refractivity contribution in [1.82, 2.24) is 4.98 Å². The van der Waals surface area contributed by atoms with Gasteiger partial charge in [-0.25, -0.2) is 13.8 Å². The number of fused-ring (bicyclic) bond motifs is 1. The maximum atomic E-state index is 13.8. The van der Waals surface area contributed by atoms with Crippen molar-refractivity contribution in [1.29, 1.82) is 0 Å². The SMILES string of the molecule is CC(C)(C)[Si](C)(C)OCc1nc2cccc(COc3ccc(F)cc3F)c2s1. The predicted octanol–water partition coefficient (Wildman–Crippen LogP) is 6.68. The van der Waals surface area contributed by atoms with Crippen LogP contribution in [0.15, 0.2) is 36.4 Å². The lowest BCUT2D eigenvalue weighted by molar-refractivity contribution is 0.276. The molecule has 1 heterocycles. The number of hydrogen-bond donors (Lipinski definition) is 0. The molecule has 0 amide bonds. The zero-order chi connectivity index (χ0) is 20.5. The molecule has 0 unspecified atom stereocenters. The van der Waals surface area contributed by atoms with Crippen LogP contribution in [0.1, 0.15) is 31.3 Å². The molecule has 0 fully saturated rings. The van der Waals surface area contributed by atoms with E-state index in [0.717, 1.165) is 26.9 Å². The van der Waals surface area contributed by atoms with Gasteiger partial charge in [-0.05, 0) is 36.3 Å². The van der Waals surface area contributed by atoms with Gasteiger partial charge < -0.3 is 9.16 Å². The molecule has 7 heteroatoms. The third-order valence-corrected chi connectivity index (χ3v) is 10.8. The van der Waals surface area contributed by atoms with Crippen LogP contribution in [0.3, 0.4) is 0 Å². The molecule has 0 atom stereocenters. The molecule has 28 heavy (non-hydrogen) atoms. The average Bonchev–Trinajstić information content (AvgIpc) is 3.02.